The van der Waals surface area contributed by atoms with E-state index >= 15 is 0 Å². The summed E-state index contributed by atoms with van der Waals surface area (Å²) in [6.07, 6.45) is 5.67. The summed E-state index contributed by atoms with van der Waals surface area (Å²) in [5.74, 6) is 1.26. The van der Waals surface area contributed by atoms with Crippen LogP contribution in [0, 0.1) is 0 Å². The SMILES string of the molecule is CCc1nn(C)c(CNCCCCSC)c1Br. The third-order valence-electron chi connectivity index (χ3n) is 2.75. The molecule has 0 amide bonds. The Kier molecular flexibility index (Phi) is 7.23. The Labute approximate surface area is 117 Å². The lowest BCUT2D eigenvalue weighted by molar-refractivity contribution is 0.601. The van der Waals surface area contributed by atoms with E-state index in [-0.39, 0.29) is 0 Å². The zero-order chi connectivity index (χ0) is 12.7. The van der Waals surface area contributed by atoms with Crippen LogP contribution in [-0.2, 0) is 20.0 Å². The number of thioether (sulfide) groups is 1. The van der Waals surface area contributed by atoms with Crippen molar-refractivity contribution in [2.45, 2.75) is 32.7 Å². The summed E-state index contributed by atoms with van der Waals surface area (Å²) in [6, 6.07) is 0. The van der Waals surface area contributed by atoms with Gasteiger partial charge in [-0.05, 0) is 53.7 Å². The van der Waals surface area contributed by atoms with Crippen molar-refractivity contribution in [1.29, 1.82) is 0 Å². The zero-order valence-corrected chi connectivity index (χ0v) is 13.3. The lowest BCUT2D eigenvalue weighted by Gasteiger charge is -2.05. The summed E-state index contributed by atoms with van der Waals surface area (Å²) in [5, 5.41) is 7.96. The highest BCUT2D eigenvalue weighted by atomic mass is 79.9. The number of aromatic nitrogens is 2. The molecule has 1 aromatic heterocycles. The number of rotatable bonds is 8. The standard InChI is InChI=1S/C12H22BrN3S/c1-4-10-12(13)11(16(2)15-10)9-14-7-5-6-8-17-3/h14H,4-9H2,1-3H3. The largest absolute Gasteiger partial charge is 0.311 e. The molecule has 0 aliphatic carbocycles. The van der Waals surface area contributed by atoms with Gasteiger partial charge in [0.05, 0.1) is 15.9 Å². The predicted molar refractivity (Wildman–Crippen MR) is 79.6 cm³/mol. The average Bonchev–Trinajstić information content (AvgIpc) is 2.60. The first kappa shape index (κ1) is 15.1. The maximum absolute atomic E-state index is 4.48. The number of hydrogen-bond acceptors (Lipinski definition) is 3. The van der Waals surface area contributed by atoms with E-state index in [1.807, 2.05) is 23.5 Å². The van der Waals surface area contributed by atoms with Crippen molar-refractivity contribution in [2.75, 3.05) is 18.6 Å². The van der Waals surface area contributed by atoms with Gasteiger partial charge in [0.1, 0.15) is 0 Å². The first-order chi connectivity index (χ1) is 8.20. The summed E-state index contributed by atoms with van der Waals surface area (Å²) in [4.78, 5) is 0. The molecule has 1 rings (SSSR count). The van der Waals surface area contributed by atoms with Gasteiger partial charge in [-0.3, -0.25) is 4.68 Å². The molecule has 0 saturated heterocycles. The molecule has 98 valence electrons. The van der Waals surface area contributed by atoms with Crippen LogP contribution in [0.3, 0.4) is 0 Å². The van der Waals surface area contributed by atoms with Gasteiger partial charge in [0, 0.05) is 13.6 Å². The molecular weight excluding hydrogens is 298 g/mol. The van der Waals surface area contributed by atoms with Crippen molar-refractivity contribution in [1.82, 2.24) is 15.1 Å². The highest BCUT2D eigenvalue weighted by molar-refractivity contribution is 9.10. The van der Waals surface area contributed by atoms with Crippen LogP contribution in [0.4, 0.5) is 0 Å². The van der Waals surface area contributed by atoms with Gasteiger partial charge in [-0.15, -0.1) is 0 Å². The molecule has 0 fully saturated rings. The van der Waals surface area contributed by atoms with E-state index < -0.39 is 0 Å². The topological polar surface area (TPSA) is 29.9 Å². The van der Waals surface area contributed by atoms with Gasteiger partial charge in [0.25, 0.3) is 0 Å². The van der Waals surface area contributed by atoms with Crippen LogP contribution in [0.25, 0.3) is 0 Å². The molecule has 17 heavy (non-hydrogen) atoms. The fraction of sp³-hybridized carbons (Fsp3) is 0.750. The number of nitrogens with zero attached hydrogens (tertiary/aromatic N) is 2. The van der Waals surface area contributed by atoms with Gasteiger partial charge in [-0.2, -0.15) is 16.9 Å². The molecule has 0 spiro atoms. The molecule has 0 bridgehead atoms. The number of nitrogens with one attached hydrogen (secondary N) is 1. The van der Waals surface area contributed by atoms with Crippen molar-refractivity contribution >= 4 is 27.7 Å². The van der Waals surface area contributed by atoms with Crippen molar-refractivity contribution in [3.8, 4) is 0 Å². The third kappa shape index (κ3) is 4.64. The molecule has 5 heteroatoms. The molecule has 0 saturated carbocycles. The van der Waals surface area contributed by atoms with Crippen LogP contribution in [0.5, 0.6) is 0 Å². The molecule has 0 atom stereocenters. The Morgan fingerprint density at radius 3 is 2.76 bits per heavy atom. The Bertz CT molecular complexity index is 339. The van der Waals surface area contributed by atoms with Crippen molar-refractivity contribution < 1.29 is 0 Å². The van der Waals surface area contributed by atoms with E-state index in [9.17, 15) is 0 Å². The smallest absolute Gasteiger partial charge is 0.0767 e. The van der Waals surface area contributed by atoms with Gasteiger partial charge in [-0.1, -0.05) is 6.92 Å². The maximum Gasteiger partial charge on any atom is 0.0767 e. The zero-order valence-electron chi connectivity index (χ0n) is 10.9. The van der Waals surface area contributed by atoms with E-state index in [4.69, 9.17) is 0 Å². The van der Waals surface area contributed by atoms with Crippen molar-refractivity contribution in [2.24, 2.45) is 7.05 Å². The van der Waals surface area contributed by atoms with Crippen LogP contribution in [0.15, 0.2) is 4.47 Å². The molecule has 0 aliphatic rings. The second-order valence-electron chi connectivity index (χ2n) is 4.06. The third-order valence-corrected chi connectivity index (χ3v) is 4.36. The number of halogens is 1. The fourth-order valence-electron chi connectivity index (χ4n) is 1.72. The Morgan fingerprint density at radius 2 is 2.18 bits per heavy atom. The van der Waals surface area contributed by atoms with Gasteiger partial charge in [0.15, 0.2) is 0 Å². The van der Waals surface area contributed by atoms with Gasteiger partial charge >= 0.3 is 0 Å². The highest BCUT2D eigenvalue weighted by Crippen LogP contribution is 2.21. The molecular formula is C12H22BrN3S. The summed E-state index contributed by atoms with van der Waals surface area (Å²) in [6.45, 7) is 4.11. The fourth-order valence-corrected chi connectivity index (χ4v) is 2.96. The molecule has 0 aromatic carbocycles. The van der Waals surface area contributed by atoms with E-state index in [2.05, 4.69) is 39.5 Å². The first-order valence-electron chi connectivity index (χ1n) is 6.10. The van der Waals surface area contributed by atoms with Gasteiger partial charge in [-0.25, -0.2) is 0 Å². The molecule has 0 radical (unpaired) electrons. The molecule has 0 aliphatic heterocycles. The van der Waals surface area contributed by atoms with Crippen LogP contribution >= 0.6 is 27.7 Å². The lowest BCUT2D eigenvalue weighted by Crippen LogP contribution is -2.17. The number of aryl methyl sites for hydroxylation is 2. The highest BCUT2D eigenvalue weighted by Gasteiger charge is 2.11. The maximum atomic E-state index is 4.48. The van der Waals surface area contributed by atoms with E-state index in [1.54, 1.807) is 0 Å². The summed E-state index contributed by atoms with van der Waals surface area (Å²) >= 11 is 5.55. The van der Waals surface area contributed by atoms with Crippen molar-refractivity contribution in [3.63, 3.8) is 0 Å². The minimum absolute atomic E-state index is 0.892. The van der Waals surface area contributed by atoms with Crippen LogP contribution in [-0.4, -0.2) is 28.3 Å². The number of unbranched alkanes of at least 4 members (excludes halogenated alkanes) is 1. The van der Waals surface area contributed by atoms with Crippen LogP contribution in [0.1, 0.15) is 31.2 Å². The minimum Gasteiger partial charge on any atom is -0.311 e. The number of hydrogen-bond donors (Lipinski definition) is 1. The van der Waals surface area contributed by atoms with E-state index in [0.29, 0.717) is 0 Å². The predicted octanol–water partition coefficient (Wildman–Crippen LogP) is 2.98. The Hall–Kier alpha value is -0.000000000000000111. The lowest BCUT2D eigenvalue weighted by atomic mass is 10.3. The van der Waals surface area contributed by atoms with Crippen LogP contribution in [0.2, 0.25) is 0 Å². The second kappa shape index (κ2) is 8.16. The van der Waals surface area contributed by atoms with Gasteiger partial charge in [0.2, 0.25) is 0 Å². The van der Waals surface area contributed by atoms with Crippen LogP contribution < -0.4 is 5.32 Å². The van der Waals surface area contributed by atoms with Gasteiger partial charge < -0.3 is 5.32 Å². The summed E-state index contributed by atoms with van der Waals surface area (Å²) in [7, 11) is 2.01. The molecule has 0 unspecified atom stereocenters. The second-order valence-corrected chi connectivity index (χ2v) is 5.84. The molecule has 3 nitrogen and oxygen atoms in total. The van der Waals surface area contributed by atoms with E-state index in [0.717, 1.165) is 25.2 Å². The normalized spacial score (nSPS) is 11.1. The monoisotopic (exact) mass is 319 g/mol. The Balaban J connectivity index is 2.34. The van der Waals surface area contributed by atoms with E-state index in [1.165, 1.54) is 28.8 Å². The quantitative estimate of drug-likeness (QED) is 0.747. The molecule has 1 N–H and O–H groups in total. The average molecular weight is 320 g/mol. The molecule has 1 aromatic rings. The summed E-state index contributed by atoms with van der Waals surface area (Å²) in [5.41, 5.74) is 2.39. The first-order valence-corrected chi connectivity index (χ1v) is 8.29. The minimum atomic E-state index is 0.892. The molecule has 1 heterocycles. The van der Waals surface area contributed by atoms with Crippen molar-refractivity contribution in [3.05, 3.63) is 15.9 Å². The summed E-state index contributed by atoms with van der Waals surface area (Å²) < 4.78 is 3.14. The Morgan fingerprint density at radius 1 is 1.41 bits per heavy atom.